The highest BCUT2D eigenvalue weighted by Gasteiger charge is 2.19. The van der Waals surface area contributed by atoms with Gasteiger partial charge in [0.2, 0.25) is 0 Å². The molecule has 0 aliphatic heterocycles. The monoisotopic (exact) mass is 294 g/mol. The molecule has 0 radical (unpaired) electrons. The van der Waals surface area contributed by atoms with Gasteiger partial charge in [0.15, 0.2) is 0 Å². The molecule has 6 heteroatoms. The third-order valence-electron chi connectivity index (χ3n) is 3.22. The van der Waals surface area contributed by atoms with Crippen LogP contribution in [0.2, 0.25) is 0 Å². The lowest BCUT2D eigenvalue weighted by atomic mass is 10.1. The molecule has 0 atom stereocenters. The summed E-state index contributed by atoms with van der Waals surface area (Å²) in [6.07, 6.45) is 2.32. The number of rotatable bonds is 8. The molecule has 6 nitrogen and oxygen atoms in total. The minimum atomic E-state index is -0.0605. The van der Waals surface area contributed by atoms with Crippen LogP contribution in [0.25, 0.3) is 0 Å². The van der Waals surface area contributed by atoms with Crippen molar-refractivity contribution in [3.8, 4) is 0 Å². The third kappa shape index (κ3) is 4.99. The first-order valence-corrected chi connectivity index (χ1v) is 7.42. The van der Waals surface area contributed by atoms with Gasteiger partial charge in [-0.25, -0.2) is 10.8 Å². The van der Waals surface area contributed by atoms with Gasteiger partial charge in [0.25, 0.3) is 5.91 Å². The highest BCUT2D eigenvalue weighted by atomic mass is 16.3. The van der Waals surface area contributed by atoms with Crippen molar-refractivity contribution in [1.82, 2.24) is 9.88 Å². The van der Waals surface area contributed by atoms with Gasteiger partial charge in [0.05, 0.1) is 0 Å². The van der Waals surface area contributed by atoms with Gasteiger partial charge in [-0.05, 0) is 38.8 Å². The first-order valence-electron chi connectivity index (χ1n) is 7.42. The minimum absolute atomic E-state index is 0.0605. The second-order valence-electron chi connectivity index (χ2n) is 5.30. The van der Waals surface area contributed by atoms with Crippen molar-refractivity contribution >= 4 is 11.7 Å². The zero-order valence-electron chi connectivity index (χ0n) is 13.1. The number of carbonyl (C=O) groups excluding carboxylic acids is 1. The lowest BCUT2D eigenvalue weighted by molar-refractivity contribution is 0.0693. The van der Waals surface area contributed by atoms with E-state index >= 15 is 0 Å². The van der Waals surface area contributed by atoms with Gasteiger partial charge in [0, 0.05) is 30.5 Å². The van der Waals surface area contributed by atoms with E-state index in [0.717, 1.165) is 18.5 Å². The van der Waals surface area contributed by atoms with E-state index in [0.29, 0.717) is 24.3 Å². The highest BCUT2D eigenvalue weighted by molar-refractivity contribution is 5.95. The van der Waals surface area contributed by atoms with Crippen molar-refractivity contribution in [2.45, 2.75) is 46.1 Å². The van der Waals surface area contributed by atoms with Crippen LogP contribution in [0.1, 0.15) is 49.7 Å². The van der Waals surface area contributed by atoms with Crippen LogP contribution in [-0.4, -0.2) is 40.1 Å². The van der Waals surface area contributed by atoms with Gasteiger partial charge in [-0.2, -0.15) is 0 Å². The second kappa shape index (κ2) is 8.59. The predicted octanol–water partition coefficient (Wildman–Crippen LogP) is 1.55. The molecule has 0 spiro atoms. The molecule has 1 heterocycles. The number of nitrogens with one attached hydrogen (secondary N) is 1. The molecule has 0 aromatic carbocycles. The topological polar surface area (TPSA) is 91.5 Å². The van der Waals surface area contributed by atoms with E-state index in [1.807, 2.05) is 19.9 Å². The molecular weight excluding hydrogens is 268 g/mol. The maximum atomic E-state index is 12.7. The van der Waals surface area contributed by atoms with Gasteiger partial charge >= 0.3 is 0 Å². The molecule has 1 aromatic rings. The van der Waals surface area contributed by atoms with Gasteiger partial charge < -0.3 is 15.4 Å². The zero-order valence-corrected chi connectivity index (χ0v) is 13.1. The van der Waals surface area contributed by atoms with Crippen LogP contribution < -0.4 is 11.3 Å². The van der Waals surface area contributed by atoms with E-state index in [1.165, 1.54) is 0 Å². The van der Waals surface area contributed by atoms with Crippen molar-refractivity contribution in [1.29, 1.82) is 0 Å². The Kier molecular flexibility index (Phi) is 7.11. The highest BCUT2D eigenvalue weighted by Crippen LogP contribution is 2.15. The molecule has 0 bridgehead atoms. The number of aliphatic hydroxyl groups excluding tert-OH is 1. The number of aryl methyl sites for hydroxylation is 1. The van der Waals surface area contributed by atoms with Crippen LogP contribution in [0.3, 0.4) is 0 Å². The lowest BCUT2D eigenvalue weighted by Crippen LogP contribution is -2.38. The summed E-state index contributed by atoms with van der Waals surface area (Å²) in [5.41, 5.74) is 3.94. The van der Waals surface area contributed by atoms with Crippen molar-refractivity contribution in [2.75, 3.05) is 18.6 Å². The Morgan fingerprint density at radius 2 is 2.19 bits per heavy atom. The van der Waals surface area contributed by atoms with Crippen molar-refractivity contribution < 1.29 is 9.90 Å². The van der Waals surface area contributed by atoms with E-state index in [4.69, 9.17) is 10.9 Å². The molecule has 21 heavy (non-hydrogen) atoms. The summed E-state index contributed by atoms with van der Waals surface area (Å²) in [4.78, 5) is 18.8. The van der Waals surface area contributed by atoms with Gasteiger partial charge in [-0.1, -0.05) is 13.3 Å². The number of hydrogen-bond acceptors (Lipinski definition) is 5. The minimum Gasteiger partial charge on any atom is -0.396 e. The molecule has 118 valence electrons. The number of nitrogens with two attached hydrogens (primary N) is 1. The number of carbonyl (C=O) groups is 1. The number of aromatic nitrogens is 1. The SMILES string of the molecule is CCCc1cc(C(=O)N(CCCO)C(C)C)cc(NN)n1. The molecule has 4 N–H and O–H groups in total. The molecule has 1 aromatic heterocycles. The Morgan fingerprint density at radius 3 is 2.71 bits per heavy atom. The predicted molar refractivity (Wildman–Crippen MR) is 83.9 cm³/mol. The lowest BCUT2D eigenvalue weighted by Gasteiger charge is -2.27. The number of aliphatic hydroxyl groups is 1. The Morgan fingerprint density at radius 1 is 1.48 bits per heavy atom. The Bertz CT molecular complexity index is 463. The van der Waals surface area contributed by atoms with Gasteiger partial charge in [0.1, 0.15) is 5.82 Å². The second-order valence-corrected chi connectivity index (χ2v) is 5.30. The molecule has 0 saturated heterocycles. The van der Waals surface area contributed by atoms with Crippen LogP contribution in [-0.2, 0) is 6.42 Å². The van der Waals surface area contributed by atoms with E-state index in [1.54, 1.807) is 11.0 Å². The largest absolute Gasteiger partial charge is 0.396 e. The average molecular weight is 294 g/mol. The van der Waals surface area contributed by atoms with Crippen LogP contribution >= 0.6 is 0 Å². The standard InChI is InChI=1S/C15H26N4O2/c1-4-6-13-9-12(10-14(17-13)18-16)15(21)19(11(2)3)7-5-8-20/h9-11,20H,4-8,16H2,1-3H3,(H,17,18). The summed E-state index contributed by atoms with van der Waals surface area (Å²) in [5, 5.41) is 8.97. The number of nitrogens with zero attached hydrogens (tertiary/aromatic N) is 2. The van der Waals surface area contributed by atoms with Crippen molar-refractivity contribution in [2.24, 2.45) is 5.84 Å². The molecular formula is C15H26N4O2. The maximum Gasteiger partial charge on any atom is 0.254 e. The summed E-state index contributed by atoms with van der Waals surface area (Å²) in [5.74, 6) is 5.86. The fraction of sp³-hybridized carbons (Fsp3) is 0.600. The molecule has 0 aliphatic carbocycles. The molecule has 0 unspecified atom stereocenters. The summed E-state index contributed by atoms with van der Waals surface area (Å²) >= 11 is 0. The van der Waals surface area contributed by atoms with E-state index in [2.05, 4.69) is 17.3 Å². The third-order valence-corrected chi connectivity index (χ3v) is 3.22. The Balaban J connectivity index is 3.05. The zero-order chi connectivity index (χ0) is 15.8. The molecule has 1 rings (SSSR count). The summed E-state index contributed by atoms with van der Waals surface area (Å²) in [6, 6.07) is 3.55. The Labute approximate surface area is 126 Å². The number of nitrogen functional groups attached to an aromatic ring is 1. The van der Waals surface area contributed by atoms with Crippen LogP contribution in [0.5, 0.6) is 0 Å². The smallest absolute Gasteiger partial charge is 0.254 e. The molecule has 0 saturated carbocycles. The maximum absolute atomic E-state index is 12.7. The molecule has 1 amide bonds. The Hall–Kier alpha value is -1.66. The summed E-state index contributed by atoms with van der Waals surface area (Å²) in [7, 11) is 0. The normalized spacial score (nSPS) is 10.8. The number of anilines is 1. The van der Waals surface area contributed by atoms with Crippen LogP contribution in [0.15, 0.2) is 12.1 Å². The first kappa shape index (κ1) is 17.4. The van der Waals surface area contributed by atoms with Gasteiger partial charge in [-0.15, -0.1) is 0 Å². The summed E-state index contributed by atoms with van der Waals surface area (Å²) in [6.45, 7) is 6.60. The average Bonchev–Trinajstić information content (AvgIpc) is 2.47. The van der Waals surface area contributed by atoms with E-state index in [-0.39, 0.29) is 18.6 Å². The summed E-state index contributed by atoms with van der Waals surface area (Å²) < 4.78 is 0. The fourth-order valence-corrected chi connectivity index (χ4v) is 2.17. The number of pyridine rings is 1. The van der Waals surface area contributed by atoms with E-state index < -0.39 is 0 Å². The quantitative estimate of drug-likeness (QED) is 0.500. The van der Waals surface area contributed by atoms with Crippen LogP contribution in [0, 0.1) is 0 Å². The fourth-order valence-electron chi connectivity index (χ4n) is 2.17. The van der Waals surface area contributed by atoms with E-state index in [9.17, 15) is 4.79 Å². The first-order chi connectivity index (χ1) is 10.0. The number of hydrazine groups is 1. The van der Waals surface area contributed by atoms with Crippen molar-refractivity contribution in [3.05, 3.63) is 23.4 Å². The van der Waals surface area contributed by atoms with Crippen LogP contribution in [0.4, 0.5) is 5.82 Å². The number of amides is 1. The molecule has 0 aliphatic rings. The molecule has 0 fully saturated rings. The van der Waals surface area contributed by atoms with Crippen molar-refractivity contribution in [3.63, 3.8) is 0 Å². The van der Waals surface area contributed by atoms with Gasteiger partial charge in [-0.3, -0.25) is 4.79 Å². The number of hydrogen-bond donors (Lipinski definition) is 3.